The predicted octanol–water partition coefficient (Wildman–Crippen LogP) is 4.40. The van der Waals surface area contributed by atoms with Crippen LogP contribution in [0.15, 0.2) is 42.5 Å². The normalized spacial score (nSPS) is 10.7. The molecule has 0 aliphatic heterocycles. The van der Waals surface area contributed by atoms with Crippen LogP contribution in [-0.4, -0.2) is 6.61 Å². The Bertz CT molecular complexity index is 576. The molecular weight excluding hydrogens is 260 g/mol. The standard InChI is InChI=1S/C18H24N2O/c1-4-21-18-10-16(19)9-17(11-18)20-12-14-5-7-15(8-6-14)13(2)3/h5-11,13,20H,4,12,19H2,1-3H3. The first kappa shape index (κ1) is 15.2. The van der Waals surface area contributed by atoms with E-state index in [0.29, 0.717) is 18.2 Å². The molecule has 0 fully saturated rings. The summed E-state index contributed by atoms with van der Waals surface area (Å²) in [6.45, 7) is 7.78. The Hall–Kier alpha value is -2.16. The second-order valence-electron chi connectivity index (χ2n) is 5.47. The Morgan fingerprint density at radius 3 is 2.43 bits per heavy atom. The molecule has 112 valence electrons. The van der Waals surface area contributed by atoms with Crippen molar-refractivity contribution in [3.63, 3.8) is 0 Å². The lowest BCUT2D eigenvalue weighted by Gasteiger charge is -2.11. The third-order valence-electron chi connectivity index (χ3n) is 3.38. The van der Waals surface area contributed by atoms with Crippen LogP contribution in [0, 0.1) is 0 Å². The van der Waals surface area contributed by atoms with Gasteiger partial charge in [0.1, 0.15) is 5.75 Å². The Balaban J connectivity index is 2.02. The van der Waals surface area contributed by atoms with Crippen molar-refractivity contribution >= 4 is 11.4 Å². The van der Waals surface area contributed by atoms with Crippen molar-refractivity contribution in [1.29, 1.82) is 0 Å². The largest absolute Gasteiger partial charge is 0.494 e. The fraction of sp³-hybridized carbons (Fsp3) is 0.333. The lowest BCUT2D eigenvalue weighted by molar-refractivity contribution is 0.340. The van der Waals surface area contributed by atoms with Gasteiger partial charge in [-0.3, -0.25) is 0 Å². The van der Waals surface area contributed by atoms with Gasteiger partial charge in [0.2, 0.25) is 0 Å². The summed E-state index contributed by atoms with van der Waals surface area (Å²) in [6.07, 6.45) is 0. The summed E-state index contributed by atoms with van der Waals surface area (Å²) in [4.78, 5) is 0. The Morgan fingerprint density at radius 1 is 1.10 bits per heavy atom. The van der Waals surface area contributed by atoms with Crippen LogP contribution in [0.5, 0.6) is 5.75 Å². The molecule has 3 heteroatoms. The maximum absolute atomic E-state index is 5.89. The summed E-state index contributed by atoms with van der Waals surface area (Å²) in [5.74, 6) is 1.37. The molecular formula is C18H24N2O. The smallest absolute Gasteiger partial charge is 0.123 e. The van der Waals surface area contributed by atoms with Gasteiger partial charge in [0, 0.05) is 30.1 Å². The molecule has 2 aromatic rings. The number of rotatable bonds is 6. The van der Waals surface area contributed by atoms with E-state index in [9.17, 15) is 0 Å². The van der Waals surface area contributed by atoms with Gasteiger partial charge in [-0.2, -0.15) is 0 Å². The summed E-state index contributed by atoms with van der Waals surface area (Å²) in [5.41, 5.74) is 10.2. The zero-order valence-corrected chi connectivity index (χ0v) is 13.0. The zero-order chi connectivity index (χ0) is 15.2. The van der Waals surface area contributed by atoms with Crippen LogP contribution < -0.4 is 15.8 Å². The number of hydrogen-bond donors (Lipinski definition) is 2. The Labute approximate surface area is 127 Å². The van der Waals surface area contributed by atoms with E-state index in [1.165, 1.54) is 11.1 Å². The molecule has 3 nitrogen and oxygen atoms in total. The summed E-state index contributed by atoms with van der Waals surface area (Å²) in [7, 11) is 0. The monoisotopic (exact) mass is 284 g/mol. The highest BCUT2D eigenvalue weighted by Gasteiger charge is 2.02. The maximum Gasteiger partial charge on any atom is 0.123 e. The van der Waals surface area contributed by atoms with Gasteiger partial charge >= 0.3 is 0 Å². The lowest BCUT2D eigenvalue weighted by Crippen LogP contribution is -2.01. The minimum absolute atomic E-state index is 0.565. The molecule has 0 atom stereocenters. The van der Waals surface area contributed by atoms with Crippen molar-refractivity contribution in [3.8, 4) is 5.75 Å². The first-order chi connectivity index (χ1) is 10.1. The SMILES string of the molecule is CCOc1cc(N)cc(NCc2ccc(C(C)C)cc2)c1. The fourth-order valence-corrected chi connectivity index (χ4v) is 2.20. The number of benzene rings is 2. The van der Waals surface area contributed by atoms with E-state index in [0.717, 1.165) is 18.0 Å². The molecule has 3 N–H and O–H groups in total. The fourth-order valence-electron chi connectivity index (χ4n) is 2.20. The third-order valence-corrected chi connectivity index (χ3v) is 3.38. The molecule has 0 bridgehead atoms. The zero-order valence-electron chi connectivity index (χ0n) is 13.0. The van der Waals surface area contributed by atoms with Gasteiger partial charge in [-0.1, -0.05) is 38.1 Å². The van der Waals surface area contributed by atoms with Crippen LogP contribution in [0.2, 0.25) is 0 Å². The van der Waals surface area contributed by atoms with Crippen molar-refractivity contribution in [2.45, 2.75) is 33.2 Å². The number of nitrogens with one attached hydrogen (secondary N) is 1. The van der Waals surface area contributed by atoms with Gasteiger partial charge in [0.15, 0.2) is 0 Å². The summed E-state index contributed by atoms with van der Waals surface area (Å²) in [5, 5.41) is 3.39. The second-order valence-corrected chi connectivity index (χ2v) is 5.47. The van der Waals surface area contributed by atoms with E-state index in [4.69, 9.17) is 10.5 Å². The van der Waals surface area contributed by atoms with Crippen LogP contribution in [0.25, 0.3) is 0 Å². The average molecular weight is 284 g/mol. The van der Waals surface area contributed by atoms with Crippen LogP contribution in [0.4, 0.5) is 11.4 Å². The molecule has 0 unspecified atom stereocenters. The molecule has 0 spiro atoms. The lowest BCUT2D eigenvalue weighted by atomic mass is 10.0. The van der Waals surface area contributed by atoms with Crippen molar-refractivity contribution in [2.75, 3.05) is 17.7 Å². The Kier molecular flexibility index (Phi) is 5.09. The second kappa shape index (κ2) is 7.02. The highest BCUT2D eigenvalue weighted by molar-refractivity contribution is 5.59. The minimum atomic E-state index is 0.565. The van der Waals surface area contributed by atoms with E-state index in [1.807, 2.05) is 25.1 Å². The Morgan fingerprint density at radius 2 is 1.81 bits per heavy atom. The first-order valence-corrected chi connectivity index (χ1v) is 7.44. The molecule has 0 saturated heterocycles. The van der Waals surface area contributed by atoms with Crippen LogP contribution in [0.3, 0.4) is 0 Å². The molecule has 0 aliphatic carbocycles. The van der Waals surface area contributed by atoms with Gasteiger partial charge < -0.3 is 15.8 Å². The molecule has 0 amide bonds. The molecule has 0 aliphatic rings. The quantitative estimate of drug-likeness (QED) is 0.773. The summed E-state index contributed by atoms with van der Waals surface area (Å²) < 4.78 is 5.50. The molecule has 0 heterocycles. The molecule has 21 heavy (non-hydrogen) atoms. The first-order valence-electron chi connectivity index (χ1n) is 7.44. The summed E-state index contributed by atoms with van der Waals surface area (Å²) >= 11 is 0. The molecule has 2 rings (SSSR count). The number of nitrogen functional groups attached to an aromatic ring is 1. The van der Waals surface area contributed by atoms with Gasteiger partial charge in [0.05, 0.1) is 6.61 Å². The molecule has 0 radical (unpaired) electrons. The summed E-state index contributed by atoms with van der Waals surface area (Å²) in [6, 6.07) is 14.4. The van der Waals surface area contributed by atoms with E-state index in [1.54, 1.807) is 0 Å². The van der Waals surface area contributed by atoms with Gasteiger partial charge in [-0.15, -0.1) is 0 Å². The van der Waals surface area contributed by atoms with Gasteiger partial charge in [-0.05, 0) is 30.0 Å². The molecule has 2 aromatic carbocycles. The van der Waals surface area contributed by atoms with E-state index < -0.39 is 0 Å². The predicted molar refractivity (Wildman–Crippen MR) is 89.9 cm³/mol. The minimum Gasteiger partial charge on any atom is -0.494 e. The van der Waals surface area contributed by atoms with Crippen LogP contribution >= 0.6 is 0 Å². The van der Waals surface area contributed by atoms with Crippen molar-refractivity contribution < 1.29 is 4.74 Å². The number of hydrogen-bond acceptors (Lipinski definition) is 3. The van der Waals surface area contributed by atoms with Gasteiger partial charge in [-0.25, -0.2) is 0 Å². The van der Waals surface area contributed by atoms with E-state index in [-0.39, 0.29) is 0 Å². The van der Waals surface area contributed by atoms with Crippen molar-refractivity contribution in [2.24, 2.45) is 0 Å². The highest BCUT2D eigenvalue weighted by atomic mass is 16.5. The average Bonchev–Trinajstić information content (AvgIpc) is 2.45. The topological polar surface area (TPSA) is 47.3 Å². The number of ether oxygens (including phenoxy) is 1. The van der Waals surface area contributed by atoms with Crippen LogP contribution in [-0.2, 0) is 6.54 Å². The van der Waals surface area contributed by atoms with E-state index >= 15 is 0 Å². The third kappa shape index (κ3) is 4.42. The number of anilines is 2. The molecule has 0 aromatic heterocycles. The number of nitrogens with two attached hydrogens (primary N) is 1. The van der Waals surface area contributed by atoms with Crippen molar-refractivity contribution in [3.05, 3.63) is 53.6 Å². The maximum atomic E-state index is 5.89. The van der Waals surface area contributed by atoms with Gasteiger partial charge in [0.25, 0.3) is 0 Å². The highest BCUT2D eigenvalue weighted by Crippen LogP contribution is 2.23. The van der Waals surface area contributed by atoms with Crippen molar-refractivity contribution in [1.82, 2.24) is 0 Å². The molecule has 0 saturated carbocycles. The van der Waals surface area contributed by atoms with E-state index in [2.05, 4.69) is 43.4 Å². The van der Waals surface area contributed by atoms with Crippen LogP contribution in [0.1, 0.15) is 37.8 Å².